The SMILES string of the molecule is C[C@@H](NC(=O)C1CCOC1)C(=O)OC(C)(C)C. The predicted molar refractivity (Wildman–Crippen MR) is 62.4 cm³/mol. The van der Waals surface area contributed by atoms with Crippen molar-refractivity contribution in [2.75, 3.05) is 13.2 Å². The fourth-order valence-electron chi connectivity index (χ4n) is 1.52. The molecule has 0 bridgehead atoms. The van der Waals surface area contributed by atoms with E-state index in [2.05, 4.69) is 5.32 Å². The summed E-state index contributed by atoms with van der Waals surface area (Å²) >= 11 is 0. The molecule has 1 rings (SSSR count). The summed E-state index contributed by atoms with van der Waals surface area (Å²) in [6.45, 7) is 8.06. The van der Waals surface area contributed by atoms with Gasteiger partial charge in [0.05, 0.1) is 12.5 Å². The summed E-state index contributed by atoms with van der Waals surface area (Å²) in [6, 6.07) is -0.623. The third kappa shape index (κ3) is 4.73. The third-order valence-electron chi connectivity index (χ3n) is 2.42. The predicted octanol–water partition coefficient (Wildman–Crippen LogP) is 0.869. The molecule has 0 aliphatic carbocycles. The molecule has 17 heavy (non-hydrogen) atoms. The number of carbonyl (C=O) groups excluding carboxylic acids is 2. The maximum Gasteiger partial charge on any atom is 0.328 e. The first-order chi connectivity index (χ1) is 7.79. The standard InChI is InChI=1S/C12H21NO4/c1-8(11(15)17-12(2,3)4)13-10(14)9-5-6-16-7-9/h8-9H,5-7H2,1-4H3,(H,13,14)/t8-,9?/m1/s1. The summed E-state index contributed by atoms with van der Waals surface area (Å²) in [5.74, 6) is -0.689. The highest BCUT2D eigenvalue weighted by Crippen LogP contribution is 2.13. The summed E-state index contributed by atoms with van der Waals surface area (Å²) in [4.78, 5) is 23.4. The maximum atomic E-state index is 11.7. The average Bonchev–Trinajstić information content (AvgIpc) is 2.67. The lowest BCUT2D eigenvalue weighted by Crippen LogP contribution is -2.44. The Kier molecular flexibility index (Phi) is 4.51. The van der Waals surface area contributed by atoms with Crippen LogP contribution in [0.5, 0.6) is 0 Å². The second-order valence-electron chi connectivity index (χ2n) is 5.32. The highest BCUT2D eigenvalue weighted by molar-refractivity contribution is 5.85. The van der Waals surface area contributed by atoms with Crippen LogP contribution in [0.1, 0.15) is 34.1 Å². The van der Waals surface area contributed by atoms with E-state index in [1.54, 1.807) is 27.7 Å². The Morgan fingerprint density at radius 2 is 2.06 bits per heavy atom. The molecule has 0 aromatic heterocycles. The van der Waals surface area contributed by atoms with Crippen molar-refractivity contribution in [3.8, 4) is 0 Å². The van der Waals surface area contributed by atoms with Crippen LogP contribution in [0.4, 0.5) is 0 Å². The van der Waals surface area contributed by atoms with E-state index in [9.17, 15) is 9.59 Å². The number of ether oxygens (including phenoxy) is 2. The molecular weight excluding hydrogens is 222 g/mol. The van der Waals surface area contributed by atoms with Gasteiger partial charge in [-0.3, -0.25) is 4.79 Å². The molecule has 2 atom stereocenters. The van der Waals surface area contributed by atoms with Crippen molar-refractivity contribution in [1.29, 1.82) is 0 Å². The molecule has 0 radical (unpaired) electrons. The van der Waals surface area contributed by atoms with Crippen molar-refractivity contribution in [1.82, 2.24) is 5.32 Å². The van der Waals surface area contributed by atoms with Crippen LogP contribution in [0, 0.1) is 5.92 Å². The molecule has 5 nitrogen and oxygen atoms in total. The van der Waals surface area contributed by atoms with Crippen LogP contribution in [0.25, 0.3) is 0 Å². The van der Waals surface area contributed by atoms with Gasteiger partial charge in [0.15, 0.2) is 0 Å². The molecule has 0 aromatic carbocycles. The lowest BCUT2D eigenvalue weighted by atomic mass is 10.1. The lowest BCUT2D eigenvalue weighted by molar-refractivity contribution is -0.158. The first kappa shape index (κ1) is 14.0. The molecule has 0 saturated carbocycles. The number of hydrogen-bond acceptors (Lipinski definition) is 4. The van der Waals surface area contributed by atoms with Gasteiger partial charge < -0.3 is 14.8 Å². The highest BCUT2D eigenvalue weighted by Gasteiger charge is 2.28. The Morgan fingerprint density at radius 1 is 1.41 bits per heavy atom. The Balaban J connectivity index is 2.40. The molecule has 1 heterocycles. The first-order valence-electron chi connectivity index (χ1n) is 5.90. The maximum absolute atomic E-state index is 11.7. The van der Waals surface area contributed by atoms with E-state index in [1.165, 1.54) is 0 Å². The van der Waals surface area contributed by atoms with Crippen LogP contribution in [-0.4, -0.2) is 36.7 Å². The minimum absolute atomic E-state index is 0.138. The average molecular weight is 243 g/mol. The van der Waals surface area contributed by atoms with Crippen molar-refractivity contribution >= 4 is 11.9 Å². The fraction of sp³-hybridized carbons (Fsp3) is 0.833. The second kappa shape index (κ2) is 5.49. The molecule has 0 aromatic rings. The molecule has 1 unspecified atom stereocenters. The highest BCUT2D eigenvalue weighted by atomic mass is 16.6. The summed E-state index contributed by atoms with van der Waals surface area (Å²) in [6.07, 6.45) is 0.715. The van der Waals surface area contributed by atoms with E-state index in [0.29, 0.717) is 19.6 Å². The zero-order valence-corrected chi connectivity index (χ0v) is 10.9. The van der Waals surface area contributed by atoms with Gasteiger partial charge in [-0.25, -0.2) is 4.79 Å². The van der Waals surface area contributed by atoms with Crippen LogP contribution in [0.2, 0.25) is 0 Å². The van der Waals surface area contributed by atoms with Crippen LogP contribution in [-0.2, 0) is 19.1 Å². The minimum Gasteiger partial charge on any atom is -0.458 e. The number of rotatable bonds is 3. The molecule has 1 aliphatic heterocycles. The van der Waals surface area contributed by atoms with E-state index in [1.807, 2.05) is 0 Å². The molecule has 1 N–H and O–H groups in total. The Labute approximate surface area is 102 Å². The molecule has 98 valence electrons. The molecule has 0 spiro atoms. The number of nitrogens with one attached hydrogen (secondary N) is 1. The van der Waals surface area contributed by atoms with Crippen molar-refractivity contribution in [3.05, 3.63) is 0 Å². The summed E-state index contributed by atoms with van der Waals surface area (Å²) < 4.78 is 10.3. The molecule has 5 heteroatoms. The normalized spacial score (nSPS) is 22.0. The van der Waals surface area contributed by atoms with E-state index < -0.39 is 17.6 Å². The molecule has 1 aliphatic rings. The summed E-state index contributed by atoms with van der Waals surface area (Å²) in [7, 11) is 0. The second-order valence-corrected chi connectivity index (χ2v) is 5.32. The zero-order chi connectivity index (χ0) is 13.1. The minimum atomic E-state index is -0.623. The van der Waals surface area contributed by atoms with Gasteiger partial charge in [-0.05, 0) is 34.1 Å². The third-order valence-corrected chi connectivity index (χ3v) is 2.42. The fourth-order valence-corrected chi connectivity index (χ4v) is 1.52. The monoisotopic (exact) mass is 243 g/mol. The van der Waals surface area contributed by atoms with Gasteiger partial charge >= 0.3 is 5.97 Å². The van der Waals surface area contributed by atoms with Gasteiger partial charge in [0.25, 0.3) is 0 Å². The smallest absolute Gasteiger partial charge is 0.328 e. The van der Waals surface area contributed by atoms with Crippen LogP contribution < -0.4 is 5.32 Å². The summed E-state index contributed by atoms with van der Waals surface area (Å²) in [5.41, 5.74) is -0.535. The van der Waals surface area contributed by atoms with Crippen LogP contribution >= 0.6 is 0 Å². The van der Waals surface area contributed by atoms with Gasteiger partial charge in [-0.1, -0.05) is 0 Å². The Bertz CT molecular complexity index is 289. The quantitative estimate of drug-likeness (QED) is 0.747. The number of hydrogen-bond donors (Lipinski definition) is 1. The van der Waals surface area contributed by atoms with Crippen molar-refractivity contribution in [2.24, 2.45) is 5.92 Å². The number of amides is 1. The Morgan fingerprint density at radius 3 is 2.53 bits per heavy atom. The van der Waals surface area contributed by atoms with Gasteiger partial charge in [0.2, 0.25) is 5.91 Å². The van der Waals surface area contributed by atoms with Gasteiger partial charge in [-0.2, -0.15) is 0 Å². The van der Waals surface area contributed by atoms with Gasteiger partial charge in [0.1, 0.15) is 11.6 Å². The number of esters is 1. The van der Waals surface area contributed by atoms with E-state index in [0.717, 1.165) is 0 Å². The molecule has 1 fully saturated rings. The first-order valence-corrected chi connectivity index (χ1v) is 5.90. The van der Waals surface area contributed by atoms with E-state index in [-0.39, 0.29) is 11.8 Å². The van der Waals surface area contributed by atoms with Crippen molar-refractivity contribution in [2.45, 2.75) is 45.8 Å². The number of carbonyl (C=O) groups is 2. The van der Waals surface area contributed by atoms with Crippen molar-refractivity contribution in [3.63, 3.8) is 0 Å². The summed E-state index contributed by atoms with van der Waals surface area (Å²) in [5, 5.41) is 2.65. The zero-order valence-electron chi connectivity index (χ0n) is 10.9. The van der Waals surface area contributed by atoms with Gasteiger partial charge in [0, 0.05) is 6.61 Å². The lowest BCUT2D eigenvalue weighted by Gasteiger charge is -2.23. The topological polar surface area (TPSA) is 64.6 Å². The van der Waals surface area contributed by atoms with Crippen LogP contribution in [0.3, 0.4) is 0 Å². The molecule has 1 amide bonds. The van der Waals surface area contributed by atoms with Gasteiger partial charge in [-0.15, -0.1) is 0 Å². The van der Waals surface area contributed by atoms with E-state index in [4.69, 9.17) is 9.47 Å². The van der Waals surface area contributed by atoms with Crippen LogP contribution in [0.15, 0.2) is 0 Å². The Hall–Kier alpha value is -1.10. The molecule has 1 saturated heterocycles. The van der Waals surface area contributed by atoms with E-state index >= 15 is 0 Å². The largest absolute Gasteiger partial charge is 0.458 e. The molecular formula is C12H21NO4. The van der Waals surface area contributed by atoms with Crippen molar-refractivity contribution < 1.29 is 19.1 Å².